The van der Waals surface area contributed by atoms with Gasteiger partial charge in [0.1, 0.15) is 5.82 Å². The first-order valence-electron chi connectivity index (χ1n) is 6.42. The molecule has 0 atom stereocenters. The number of nitrogens with zero attached hydrogens (tertiary/aromatic N) is 1. The lowest BCUT2D eigenvalue weighted by Crippen LogP contribution is -2.34. The van der Waals surface area contributed by atoms with E-state index in [1.165, 1.54) is 12.1 Å². The van der Waals surface area contributed by atoms with Gasteiger partial charge in [0, 0.05) is 18.0 Å². The zero-order valence-corrected chi connectivity index (χ0v) is 11.4. The second-order valence-electron chi connectivity index (χ2n) is 5.05. The van der Waals surface area contributed by atoms with Crippen LogP contribution in [-0.4, -0.2) is 29.1 Å². The van der Waals surface area contributed by atoms with Crippen molar-refractivity contribution in [2.75, 3.05) is 13.1 Å². The van der Waals surface area contributed by atoms with Gasteiger partial charge in [0.25, 0.3) is 0 Å². The molecule has 1 heterocycles. The van der Waals surface area contributed by atoms with Crippen molar-refractivity contribution in [1.29, 1.82) is 0 Å². The topological polar surface area (TPSA) is 40.5 Å². The van der Waals surface area contributed by atoms with Gasteiger partial charge >= 0.3 is 5.97 Å². The number of hydrogen-bond acceptors (Lipinski definition) is 2. The molecule has 1 N–H and O–H groups in total. The minimum absolute atomic E-state index is 0.255. The van der Waals surface area contributed by atoms with Gasteiger partial charge in [0.05, 0.1) is 0 Å². The molecule has 0 unspecified atom stereocenters. The van der Waals surface area contributed by atoms with E-state index in [-0.39, 0.29) is 18.2 Å². The van der Waals surface area contributed by atoms with Crippen LogP contribution < -0.4 is 0 Å². The monoisotopic (exact) mass is 285 g/mol. The second-order valence-corrected chi connectivity index (χ2v) is 5.46. The summed E-state index contributed by atoms with van der Waals surface area (Å²) >= 11 is 6.00. The molecule has 1 fully saturated rings. The highest BCUT2D eigenvalue weighted by Gasteiger charge is 2.21. The average molecular weight is 286 g/mol. The van der Waals surface area contributed by atoms with Crippen LogP contribution in [0.4, 0.5) is 4.39 Å². The summed E-state index contributed by atoms with van der Waals surface area (Å²) in [6.45, 7) is 2.43. The number of carboxylic acid groups (broad SMARTS) is 1. The smallest absolute Gasteiger partial charge is 0.303 e. The van der Waals surface area contributed by atoms with Gasteiger partial charge in [-0.15, -0.1) is 0 Å². The maximum atomic E-state index is 12.9. The van der Waals surface area contributed by atoms with Crippen LogP contribution >= 0.6 is 11.6 Å². The Morgan fingerprint density at radius 2 is 2.11 bits per heavy atom. The molecule has 1 saturated heterocycles. The van der Waals surface area contributed by atoms with E-state index >= 15 is 0 Å². The minimum atomic E-state index is -0.722. The van der Waals surface area contributed by atoms with Crippen molar-refractivity contribution >= 4 is 17.6 Å². The predicted molar refractivity (Wildman–Crippen MR) is 71.7 cm³/mol. The van der Waals surface area contributed by atoms with Crippen LogP contribution in [0.1, 0.15) is 24.8 Å². The quantitative estimate of drug-likeness (QED) is 0.924. The number of hydrogen-bond donors (Lipinski definition) is 1. The molecule has 1 aliphatic heterocycles. The van der Waals surface area contributed by atoms with E-state index in [4.69, 9.17) is 16.7 Å². The van der Waals surface area contributed by atoms with Crippen LogP contribution in [0.3, 0.4) is 0 Å². The molecule has 0 aliphatic carbocycles. The van der Waals surface area contributed by atoms with Gasteiger partial charge in [0.2, 0.25) is 0 Å². The third-order valence-electron chi connectivity index (χ3n) is 3.58. The van der Waals surface area contributed by atoms with Gasteiger partial charge in [-0.2, -0.15) is 0 Å². The highest BCUT2D eigenvalue weighted by molar-refractivity contribution is 6.31. The third kappa shape index (κ3) is 4.18. The van der Waals surface area contributed by atoms with Crippen LogP contribution in [0.15, 0.2) is 18.2 Å². The Bertz CT molecular complexity index is 459. The number of benzene rings is 1. The van der Waals surface area contributed by atoms with E-state index in [0.717, 1.165) is 31.5 Å². The fourth-order valence-corrected chi connectivity index (χ4v) is 2.71. The SMILES string of the molecule is O=C(O)CC1CCN(Cc2ccc(F)cc2Cl)CC1. The number of piperidine rings is 1. The molecule has 1 aliphatic rings. The summed E-state index contributed by atoms with van der Waals surface area (Å²) in [5.74, 6) is -0.772. The normalized spacial score (nSPS) is 17.6. The highest BCUT2D eigenvalue weighted by Crippen LogP contribution is 2.24. The lowest BCUT2D eigenvalue weighted by Gasteiger charge is -2.31. The van der Waals surface area contributed by atoms with Crippen LogP contribution in [-0.2, 0) is 11.3 Å². The van der Waals surface area contributed by atoms with Gasteiger partial charge < -0.3 is 5.11 Å². The fourth-order valence-electron chi connectivity index (χ4n) is 2.49. The zero-order valence-electron chi connectivity index (χ0n) is 10.6. The molecule has 0 radical (unpaired) electrons. The first-order chi connectivity index (χ1) is 9.04. The van der Waals surface area contributed by atoms with Crippen molar-refractivity contribution in [3.63, 3.8) is 0 Å². The predicted octanol–water partition coefficient (Wildman–Crippen LogP) is 3.17. The van der Waals surface area contributed by atoms with E-state index in [9.17, 15) is 9.18 Å². The first-order valence-corrected chi connectivity index (χ1v) is 6.80. The lowest BCUT2D eigenvalue weighted by molar-refractivity contribution is -0.138. The Hall–Kier alpha value is -1.13. The maximum absolute atomic E-state index is 12.9. The molecular formula is C14H17ClFNO2. The standard InChI is InChI=1S/C14H17ClFNO2/c15-13-8-12(16)2-1-11(13)9-17-5-3-10(4-6-17)7-14(18)19/h1-2,8,10H,3-7,9H2,(H,18,19). The minimum Gasteiger partial charge on any atom is -0.481 e. The van der Waals surface area contributed by atoms with E-state index in [2.05, 4.69) is 4.90 Å². The summed E-state index contributed by atoms with van der Waals surface area (Å²) < 4.78 is 12.9. The van der Waals surface area contributed by atoms with E-state index in [1.54, 1.807) is 6.07 Å². The third-order valence-corrected chi connectivity index (χ3v) is 3.93. The van der Waals surface area contributed by atoms with Crippen LogP contribution in [0.2, 0.25) is 5.02 Å². The van der Waals surface area contributed by atoms with Crippen molar-refractivity contribution in [2.24, 2.45) is 5.92 Å². The number of aliphatic carboxylic acids is 1. The van der Waals surface area contributed by atoms with Crippen molar-refractivity contribution in [3.05, 3.63) is 34.6 Å². The van der Waals surface area contributed by atoms with Gasteiger partial charge in [-0.3, -0.25) is 9.69 Å². The Balaban J connectivity index is 1.87. The molecule has 1 aromatic carbocycles. The fraction of sp³-hybridized carbons (Fsp3) is 0.500. The molecule has 19 heavy (non-hydrogen) atoms. The van der Waals surface area contributed by atoms with E-state index in [1.807, 2.05) is 0 Å². The second kappa shape index (κ2) is 6.35. The van der Waals surface area contributed by atoms with Crippen molar-refractivity contribution in [2.45, 2.75) is 25.8 Å². The van der Waals surface area contributed by atoms with Crippen LogP contribution in [0.25, 0.3) is 0 Å². The summed E-state index contributed by atoms with van der Waals surface area (Å²) in [5.41, 5.74) is 0.916. The number of carbonyl (C=O) groups is 1. The van der Waals surface area contributed by atoms with Crippen molar-refractivity contribution < 1.29 is 14.3 Å². The maximum Gasteiger partial charge on any atom is 0.303 e. The summed E-state index contributed by atoms with van der Waals surface area (Å²) in [6.07, 6.45) is 2.04. The first kappa shape index (κ1) is 14.3. The summed E-state index contributed by atoms with van der Waals surface area (Å²) in [7, 11) is 0. The summed E-state index contributed by atoms with van der Waals surface area (Å²) in [6, 6.07) is 4.45. The number of likely N-dealkylation sites (tertiary alicyclic amines) is 1. The van der Waals surface area contributed by atoms with Gasteiger partial charge in [-0.05, 0) is 49.5 Å². The van der Waals surface area contributed by atoms with Crippen LogP contribution in [0, 0.1) is 11.7 Å². The van der Waals surface area contributed by atoms with E-state index in [0.29, 0.717) is 11.6 Å². The van der Waals surface area contributed by atoms with Crippen LogP contribution in [0.5, 0.6) is 0 Å². The number of carboxylic acids is 1. The molecular weight excluding hydrogens is 269 g/mol. The summed E-state index contributed by atoms with van der Waals surface area (Å²) in [4.78, 5) is 12.9. The molecule has 104 valence electrons. The molecule has 3 nitrogen and oxygen atoms in total. The van der Waals surface area contributed by atoms with Gasteiger partial charge in [0.15, 0.2) is 0 Å². The zero-order chi connectivity index (χ0) is 13.8. The molecule has 0 bridgehead atoms. The Morgan fingerprint density at radius 1 is 1.42 bits per heavy atom. The lowest BCUT2D eigenvalue weighted by atomic mass is 9.93. The molecule has 2 rings (SSSR count). The van der Waals surface area contributed by atoms with Crippen molar-refractivity contribution in [1.82, 2.24) is 4.90 Å². The highest BCUT2D eigenvalue weighted by atomic mass is 35.5. The van der Waals surface area contributed by atoms with E-state index < -0.39 is 5.97 Å². The molecule has 0 aromatic heterocycles. The number of rotatable bonds is 4. The Kier molecular flexibility index (Phi) is 4.77. The largest absolute Gasteiger partial charge is 0.481 e. The van der Waals surface area contributed by atoms with Gasteiger partial charge in [-0.1, -0.05) is 17.7 Å². The molecule has 0 spiro atoms. The average Bonchev–Trinajstić information content (AvgIpc) is 2.34. The molecule has 0 saturated carbocycles. The number of halogens is 2. The summed E-state index contributed by atoms with van der Waals surface area (Å²) in [5, 5.41) is 9.21. The Labute approximate surface area is 117 Å². The Morgan fingerprint density at radius 3 is 2.68 bits per heavy atom. The van der Waals surface area contributed by atoms with Crippen molar-refractivity contribution in [3.8, 4) is 0 Å². The van der Waals surface area contributed by atoms with Gasteiger partial charge in [-0.25, -0.2) is 4.39 Å². The molecule has 0 amide bonds. The molecule has 1 aromatic rings. The molecule has 5 heteroatoms.